The number of pyridine rings is 1. The van der Waals surface area contributed by atoms with Crippen LogP contribution in [0.4, 0.5) is 5.82 Å². The number of aromatic nitrogens is 1. The molecule has 1 aliphatic rings. The van der Waals surface area contributed by atoms with Gasteiger partial charge in [-0.1, -0.05) is 6.92 Å². The van der Waals surface area contributed by atoms with Gasteiger partial charge in [0, 0.05) is 11.7 Å². The highest BCUT2D eigenvalue weighted by atomic mass is 16.4. The minimum Gasteiger partial charge on any atom is -0.478 e. The van der Waals surface area contributed by atoms with Crippen molar-refractivity contribution in [3.63, 3.8) is 0 Å². The van der Waals surface area contributed by atoms with Crippen LogP contribution in [0.15, 0.2) is 34.9 Å². The number of carboxylic acid groups (broad SMARTS) is 1. The van der Waals surface area contributed by atoms with Crippen LogP contribution < -0.4 is 4.90 Å². The number of rotatable bonds is 6. The zero-order valence-electron chi connectivity index (χ0n) is 12.0. The lowest BCUT2D eigenvalue weighted by Gasteiger charge is -2.23. The van der Waals surface area contributed by atoms with Gasteiger partial charge in [0.1, 0.15) is 11.6 Å². The van der Waals surface area contributed by atoms with E-state index in [1.165, 1.54) is 0 Å². The van der Waals surface area contributed by atoms with Crippen molar-refractivity contribution in [2.75, 3.05) is 4.90 Å². The molecule has 0 bridgehead atoms. The van der Waals surface area contributed by atoms with Gasteiger partial charge >= 0.3 is 5.97 Å². The first kappa shape index (κ1) is 13.7. The summed E-state index contributed by atoms with van der Waals surface area (Å²) in [6.07, 6.45) is 4.59. The molecule has 2 aromatic heterocycles. The summed E-state index contributed by atoms with van der Waals surface area (Å²) >= 11 is 0. The summed E-state index contributed by atoms with van der Waals surface area (Å²) in [5.41, 5.74) is 1.09. The van der Waals surface area contributed by atoms with E-state index in [4.69, 9.17) is 4.42 Å². The van der Waals surface area contributed by atoms with Crippen LogP contribution in [0, 0.1) is 0 Å². The third kappa shape index (κ3) is 3.07. The number of carbonyl (C=O) groups is 1. The third-order valence-electron chi connectivity index (χ3n) is 3.66. The van der Waals surface area contributed by atoms with Crippen molar-refractivity contribution < 1.29 is 14.3 Å². The Hall–Kier alpha value is -2.30. The lowest BCUT2D eigenvalue weighted by Crippen LogP contribution is -2.26. The standard InChI is InChI=1S/C16H18N2O3/c1-2-12-8-11(16(19)20)9-15(17-12)18(13-5-6-13)10-14-4-3-7-21-14/h3-4,7-9,13H,2,5-6,10H2,1H3,(H,19,20). The fraction of sp³-hybridized carbons (Fsp3) is 0.375. The van der Waals surface area contributed by atoms with E-state index in [0.717, 1.165) is 30.1 Å². The minimum atomic E-state index is -0.915. The summed E-state index contributed by atoms with van der Waals surface area (Å²) < 4.78 is 5.41. The van der Waals surface area contributed by atoms with Gasteiger partial charge in [0.2, 0.25) is 0 Å². The van der Waals surface area contributed by atoms with Crippen molar-refractivity contribution in [1.29, 1.82) is 0 Å². The Balaban J connectivity index is 1.94. The second-order valence-corrected chi connectivity index (χ2v) is 5.30. The lowest BCUT2D eigenvalue weighted by atomic mass is 10.2. The number of aromatic carboxylic acids is 1. The summed E-state index contributed by atoms with van der Waals surface area (Å²) in [7, 11) is 0. The monoisotopic (exact) mass is 286 g/mol. The molecule has 1 aliphatic carbocycles. The summed E-state index contributed by atoms with van der Waals surface area (Å²) in [6, 6.07) is 7.51. The number of hydrogen-bond donors (Lipinski definition) is 1. The average molecular weight is 286 g/mol. The van der Waals surface area contributed by atoms with Gasteiger partial charge in [0.25, 0.3) is 0 Å². The van der Waals surface area contributed by atoms with Gasteiger partial charge in [-0.3, -0.25) is 0 Å². The van der Waals surface area contributed by atoms with Crippen LogP contribution in [0.3, 0.4) is 0 Å². The fourth-order valence-electron chi connectivity index (χ4n) is 2.38. The van der Waals surface area contributed by atoms with Crippen molar-refractivity contribution >= 4 is 11.8 Å². The third-order valence-corrected chi connectivity index (χ3v) is 3.66. The first-order valence-electron chi connectivity index (χ1n) is 7.20. The van der Waals surface area contributed by atoms with Crippen LogP contribution in [0.1, 0.15) is 41.6 Å². The molecule has 21 heavy (non-hydrogen) atoms. The topological polar surface area (TPSA) is 66.6 Å². The van der Waals surface area contributed by atoms with Crippen molar-refractivity contribution in [1.82, 2.24) is 4.98 Å². The van der Waals surface area contributed by atoms with Crippen LogP contribution in [0.25, 0.3) is 0 Å². The fourth-order valence-corrected chi connectivity index (χ4v) is 2.38. The van der Waals surface area contributed by atoms with E-state index in [1.807, 2.05) is 19.1 Å². The Kier molecular flexibility index (Phi) is 3.64. The molecule has 0 radical (unpaired) electrons. The minimum absolute atomic E-state index is 0.293. The van der Waals surface area contributed by atoms with Crippen molar-refractivity contribution in [2.24, 2.45) is 0 Å². The largest absolute Gasteiger partial charge is 0.478 e. The van der Waals surface area contributed by atoms with Gasteiger partial charge < -0.3 is 14.4 Å². The van der Waals surface area contributed by atoms with Gasteiger partial charge in [-0.2, -0.15) is 0 Å². The van der Waals surface area contributed by atoms with E-state index in [9.17, 15) is 9.90 Å². The normalized spacial score (nSPS) is 14.1. The zero-order chi connectivity index (χ0) is 14.8. The van der Waals surface area contributed by atoms with Crippen molar-refractivity contribution in [3.05, 3.63) is 47.5 Å². The first-order chi connectivity index (χ1) is 10.2. The van der Waals surface area contributed by atoms with Gasteiger partial charge in [-0.15, -0.1) is 0 Å². The Bertz CT molecular complexity index is 633. The van der Waals surface area contributed by atoms with E-state index in [0.29, 0.717) is 24.6 Å². The summed E-state index contributed by atoms with van der Waals surface area (Å²) in [6.45, 7) is 2.60. The molecule has 5 heteroatoms. The molecule has 0 atom stereocenters. The smallest absolute Gasteiger partial charge is 0.335 e. The highest BCUT2D eigenvalue weighted by Gasteiger charge is 2.31. The zero-order valence-corrected chi connectivity index (χ0v) is 12.0. The number of aryl methyl sites for hydroxylation is 1. The summed E-state index contributed by atoms with van der Waals surface area (Å²) in [5, 5.41) is 9.26. The molecule has 2 aromatic rings. The predicted octanol–water partition coefficient (Wildman–Crippen LogP) is 3.10. The quantitative estimate of drug-likeness (QED) is 0.883. The molecule has 110 valence electrons. The Morgan fingerprint density at radius 1 is 1.48 bits per heavy atom. The molecule has 5 nitrogen and oxygen atoms in total. The van der Waals surface area contributed by atoms with Gasteiger partial charge in [-0.05, 0) is 43.5 Å². The highest BCUT2D eigenvalue weighted by molar-refractivity contribution is 5.88. The lowest BCUT2D eigenvalue weighted by molar-refractivity contribution is 0.0696. The second-order valence-electron chi connectivity index (χ2n) is 5.30. The maximum Gasteiger partial charge on any atom is 0.335 e. The van der Waals surface area contributed by atoms with E-state index >= 15 is 0 Å². The molecule has 1 fully saturated rings. The number of nitrogens with zero attached hydrogens (tertiary/aromatic N) is 2. The molecule has 1 N–H and O–H groups in total. The maximum absolute atomic E-state index is 11.3. The second kappa shape index (κ2) is 5.60. The van der Waals surface area contributed by atoms with Gasteiger partial charge in [0.15, 0.2) is 0 Å². The molecular weight excluding hydrogens is 268 g/mol. The maximum atomic E-state index is 11.3. The molecule has 0 spiro atoms. The van der Waals surface area contributed by atoms with E-state index in [1.54, 1.807) is 18.4 Å². The Labute approximate surface area is 123 Å². The van der Waals surface area contributed by atoms with Crippen LogP contribution in [-0.2, 0) is 13.0 Å². The molecule has 3 rings (SSSR count). The SMILES string of the molecule is CCc1cc(C(=O)O)cc(N(Cc2ccco2)C2CC2)n1. The van der Waals surface area contributed by atoms with E-state index in [-0.39, 0.29) is 0 Å². The average Bonchev–Trinajstić information content (AvgIpc) is 3.20. The molecule has 0 saturated heterocycles. The molecule has 0 aliphatic heterocycles. The van der Waals surface area contributed by atoms with Gasteiger partial charge in [0.05, 0.1) is 18.4 Å². The Morgan fingerprint density at radius 3 is 2.86 bits per heavy atom. The molecular formula is C16H18N2O3. The van der Waals surface area contributed by atoms with Gasteiger partial charge in [-0.25, -0.2) is 9.78 Å². The van der Waals surface area contributed by atoms with Crippen LogP contribution >= 0.6 is 0 Å². The molecule has 0 unspecified atom stereocenters. The van der Waals surface area contributed by atoms with E-state index in [2.05, 4.69) is 9.88 Å². The van der Waals surface area contributed by atoms with Crippen LogP contribution in [-0.4, -0.2) is 22.1 Å². The number of anilines is 1. The number of hydrogen-bond acceptors (Lipinski definition) is 4. The number of carboxylic acids is 1. The van der Waals surface area contributed by atoms with Crippen LogP contribution in [0.2, 0.25) is 0 Å². The predicted molar refractivity (Wildman–Crippen MR) is 78.5 cm³/mol. The molecule has 2 heterocycles. The van der Waals surface area contributed by atoms with Crippen molar-refractivity contribution in [3.8, 4) is 0 Å². The van der Waals surface area contributed by atoms with Crippen LogP contribution in [0.5, 0.6) is 0 Å². The van der Waals surface area contributed by atoms with Crippen molar-refractivity contribution in [2.45, 2.75) is 38.8 Å². The molecule has 0 amide bonds. The van der Waals surface area contributed by atoms with E-state index < -0.39 is 5.97 Å². The Morgan fingerprint density at radius 2 is 2.29 bits per heavy atom. The highest BCUT2D eigenvalue weighted by Crippen LogP contribution is 2.32. The summed E-state index contributed by atoms with van der Waals surface area (Å²) in [4.78, 5) is 18.0. The first-order valence-corrected chi connectivity index (χ1v) is 7.20. The molecule has 1 saturated carbocycles. The summed E-state index contributed by atoms with van der Waals surface area (Å²) in [5.74, 6) is 0.676. The molecule has 0 aromatic carbocycles. The number of furan rings is 1.